The van der Waals surface area contributed by atoms with Crippen LogP contribution in [0.4, 0.5) is 18.9 Å². The Balaban J connectivity index is 1.99. The highest BCUT2D eigenvalue weighted by molar-refractivity contribution is 6.09. The van der Waals surface area contributed by atoms with Crippen molar-refractivity contribution in [3.63, 3.8) is 0 Å². The number of aryl methyl sites for hydroxylation is 1. The van der Waals surface area contributed by atoms with E-state index in [2.05, 4.69) is 20.3 Å². The SMILES string of the molecule is Cn1cc(C(=O)Nc2cnn(COCC(F)(F)F)c2)c(C(=O)O)n1. The van der Waals surface area contributed by atoms with Crippen molar-refractivity contribution in [2.24, 2.45) is 7.05 Å². The molecule has 2 aromatic rings. The molecular formula is C12H12F3N5O4. The van der Waals surface area contributed by atoms with Crippen LogP contribution in [-0.2, 0) is 18.5 Å². The van der Waals surface area contributed by atoms with Gasteiger partial charge in [-0.2, -0.15) is 23.4 Å². The van der Waals surface area contributed by atoms with Crippen LogP contribution in [0.25, 0.3) is 0 Å². The zero-order valence-electron chi connectivity index (χ0n) is 12.2. The van der Waals surface area contributed by atoms with E-state index in [1.807, 2.05) is 0 Å². The smallest absolute Gasteiger partial charge is 0.411 e. The van der Waals surface area contributed by atoms with Crippen LogP contribution >= 0.6 is 0 Å². The first-order chi connectivity index (χ1) is 11.2. The number of amides is 1. The summed E-state index contributed by atoms with van der Waals surface area (Å²) in [5, 5.41) is 18.7. The molecule has 0 bridgehead atoms. The molecule has 2 N–H and O–H groups in total. The Morgan fingerprint density at radius 3 is 2.71 bits per heavy atom. The number of nitrogens with one attached hydrogen (secondary N) is 1. The van der Waals surface area contributed by atoms with Gasteiger partial charge >= 0.3 is 12.1 Å². The molecule has 0 fully saturated rings. The van der Waals surface area contributed by atoms with Crippen LogP contribution in [0.3, 0.4) is 0 Å². The molecule has 0 aliphatic heterocycles. The number of ether oxygens (including phenoxy) is 1. The largest absolute Gasteiger partial charge is 0.476 e. The van der Waals surface area contributed by atoms with Crippen molar-refractivity contribution in [1.82, 2.24) is 19.6 Å². The summed E-state index contributed by atoms with van der Waals surface area (Å²) in [6.07, 6.45) is -0.788. The van der Waals surface area contributed by atoms with Gasteiger partial charge in [-0.1, -0.05) is 0 Å². The van der Waals surface area contributed by atoms with E-state index in [4.69, 9.17) is 5.11 Å². The van der Waals surface area contributed by atoms with E-state index in [0.717, 1.165) is 4.68 Å². The number of nitrogens with zero attached hydrogens (tertiary/aromatic N) is 4. The van der Waals surface area contributed by atoms with Crippen molar-refractivity contribution in [2.75, 3.05) is 11.9 Å². The fourth-order valence-corrected chi connectivity index (χ4v) is 1.76. The van der Waals surface area contributed by atoms with Gasteiger partial charge in [-0.25, -0.2) is 9.48 Å². The number of aromatic nitrogens is 4. The number of carboxylic acids is 1. The van der Waals surface area contributed by atoms with E-state index in [1.54, 1.807) is 0 Å². The predicted molar refractivity (Wildman–Crippen MR) is 72.4 cm³/mol. The molecule has 9 nitrogen and oxygen atoms in total. The molecule has 130 valence electrons. The highest BCUT2D eigenvalue weighted by Crippen LogP contribution is 2.15. The minimum atomic E-state index is -4.45. The first-order valence-electron chi connectivity index (χ1n) is 6.41. The average Bonchev–Trinajstić information content (AvgIpc) is 3.04. The van der Waals surface area contributed by atoms with Crippen LogP contribution in [0, 0.1) is 0 Å². The molecule has 2 aromatic heterocycles. The van der Waals surface area contributed by atoms with E-state index in [-0.39, 0.29) is 11.3 Å². The van der Waals surface area contributed by atoms with Crippen LogP contribution in [0.5, 0.6) is 0 Å². The van der Waals surface area contributed by atoms with Crippen molar-refractivity contribution < 1.29 is 32.6 Å². The van der Waals surface area contributed by atoms with Crippen molar-refractivity contribution in [2.45, 2.75) is 12.9 Å². The van der Waals surface area contributed by atoms with Gasteiger partial charge in [-0.3, -0.25) is 9.48 Å². The summed E-state index contributed by atoms with van der Waals surface area (Å²) in [5.74, 6) is -2.10. The number of carbonyl (C=O) groups excluding carboxylic acids is 1. The zero-order chi connectivity index (χ0) is 17.9. The van der Waals surface area contributed by atoms with E-state index >= 15 is 0 Å². The first-order valence-corrected chi connectivity index (χ1v) is 6.41. The lowest BCUT2D eigenvalue weighted by Crippen LogP contribution is -2.18. The first kappa shape index (κ1) is 17.5. The second-order valence-electron chi connectivity index (χ2n) is 4.69. The summed E-state index contributed by atoms with van der Waals surface area (Å²) in [5.41, 5.74) is -0.419. The van der Waals surface area contributed by atoms with Gasteiger partial charge in [0.25, 0.3) is 5.91 Å². The predicted octanol–water partition coefficient (Wildman–Crippen LogP) is 1.10. The molecule has 24 heavy (non-hydrogen) atoms. The van der Waals surface area contributed by atoms with Crippen molar-refractivity contribution in [3.8, 4) is 0 Å². The Bertz CT molecular complexity index is 752. The number of anilines is 1. The summed E-state index contributed by atoms with van der Waals surface area (Å²) in [6.45, 7) is -1.88. The minimum Gasteiger partial charge on any atom is -0.476 e. The summed E-state index contributed by atoms with van der Waals surface area (Å²) >= 11 is 0. The molecule has 12 heteroatoms. The quantitative estimate of drug-likeness (QED) is 0.810. The molecule has 0 unspecified atom stereocenters. The topological polar surface area (TPSA) is 111 Å². The van der Waals surface area contributed by atoms with Gasteiger partial charge in [0.1, 0.15) is 13.3 Å². The summed E-state index contributed by atoms with van der Waals surface area (Å²) in [7, 11) is 1.46. The second-order valence-corrected chi connectivity index (χ2v) is 4.69. The number of hydrogen-bond acceptors (Lipinski definition) is 5. The lowest BCUT2D eigenvalue weighted by molar-refractivity contribution is -0.182. The van der Waals surface area contributed by atoms with Crippen LogP contribution in [-0.4, -0.2) is 49.3 Å². The monoisotopic (exact) mass is 347 g/mol. The van der Waals surface area contributed by atoms with E-state index in [0.29, 0.717) is 0 Å². The lowest BCUT2D eigenvalue weighted by Gasteiger charge is -2.07. The minimum absolute atomic E-state index is 0.161. The molecule has 0 aromatic carbocycles. The average molecular weight is 347 g/mol. The number of aromatic carboxylic acids is 1. The van der Waals surface area contributed by atoms with Gasteiger partial charge in [0.15, 0.2) is 5.69 Å². The maximum Gasteiger partial charge on any atom is 0.411 e. The van der Waals surface area contributed by atoms with Crippen molar-refractivity contribution in [1.29, 1.82) is 0 Å². The number of alkyl halides is 3. The van der Waals surface area contributed by atoms with Crippen LogP contribution in [0.2, 0.25) is 0 Å². The molecule has 0 saturated heterocycles. The van der Waals surface area contributed by atoms with Gasteiger partial charge in [-0.05, 0) is 0 Å². The third-order valence-corrected chi connectivity index (χ3v) is 2.66. The van der Waals surface area contributed by atoms with E-state index < -0.39 is 37.1 Å². The van der Waals surface area contributed by atoms with Crippen LogP contribution in [0.15, 0.2) is 18.6 Å². The van der Waals surface area contributed by atoms with Gasteiger partial charge in [0, 0.05) is 13.2 Å². The normalized spacial score (nSPS) is 11.5. The number of rotatable bonds is 6. The van der Waals surface area contributed by atoms with Crippen LogP contribution in [0.1, 0.15) is 20.8 Å². The summed E-state index contributed by atoms with van der Waals surface area (Å²) in [6, 6.07) is 0. The number of halogens is 3. The van der Waals surface area contributed by atoms with Gasteiger partial charge in [0.05, 0.1) is 23.6 Å². The Kier molecular flexibility index (Phi) is 4.87. The molecule has 0 aliphatic carbocycles. The number of carboxylic acid groups (broad SMARTS) is 1. The summed E-state index contributed by atoms with van der Waals surface area (Å²) in [4.78, 5) is 23.1. The standard InChI is InChI=1S/C12H12F3N5O4/c1-19-4-8(9(18-19)11(22)23)10(21)17-7-2-16-20(3-7)6-24-5-12(13,14)15/h2-4H,5-6H2,1H3,(H,17,21)(H,22,23). The molecule has 0 saturated carbocycles. The van der Waals surface area contributed by atoms with Crippen molar-refractivity contribution in [3.05, 3.63) is 29.8 Å². The Labute approximate surface area is 132 Å². The zero-order valence-corrected chi connectivity index (χ0v) is 12.2. The van der Waals surface area contributed by atoms with Crippen LogP contribution < -0.4 is 5.32 Å². The Morgan fingerprint density at radius 1 is 1.38 bits per heavy atom. The van der Waals surface area contributed by atoms with Gasteiger partial charge in [-0.15, -0.1) is 0 Å². The lowest BCUT2D eigenvalue weighted by atomic mass is 10.2. The third-order valence-electron chi connectivity index (χ3n) is 2.66. The van der Waals surface area contributed by atoms with Gasteiger partial charge in [0.2, 0.25) is 0 Å². The molecule has 2 heterocycles. The maximum absolute atomic E-state index is 12.1. The number of carbonyl (C=O) groups is 2. The molecule has 0 aliphatic rings. The molecule has 0 spiro atoms. The van der Waals surface area contributed by atoms with E-state index in [9.17, 15) is 22.8 Å². The Hall–Kier alpha value is -2.89. The maximum atomic E-state index is 12.1. The molecule has 2 rings (SSSR count). The fourth-order valence-electron chi connectivity index (χ4n) is 1.76. The number of hydrogen-bond donors (Lipinski definition) is 2. The third kappa shape index (κ3) is 4.55. The Morgan fingerprint density at radius 2 is 2.08 bits per heavy atom. The highest BCUT2D eigenvalue weighted by atomic mass is 19.4. The molecule has 1 amide bonds. The summed E-state index contributed by atoms with van der Waals surface area (Å²) < 4.78 is 42.5. The fraction of sp³-hybridized carbons (Fsp3) is 0.333. The highest BCUT2D eigenvalue weighted by Gasteiger charge is 2.27. The molecule has 0 radical (unpaired) electrons. The van der Waals surface area contributed by atoms with Crippen molar-refractivity contribution >= 4 is 17.6 Å². The van der Waals surface area contributed by atoms with Gasteiger partial charge < -0.3 is 15.2 Å². The van der Waals surface area contributed by atoms with E-state index in [1.165, 1.54) is 30.3 Å². The molecular weight excluding hydrogens is 335 g/mol. The second kappa shape index (κ2) is 6.70. The molecule has 0 atom stereocenters.